The quantitative estimate of drug-likeness (QED) is 0.332. The molecule has 1 radical (unpaired) electrons. The third-order valence-electron chi connectivity index (χ3n) is 1.94. The third-order valence-corrected chi connectivity index (χ3v) is 6.77. The van der Waals surface area contributed by atoms with E-state index in [-0.39, 0.29) is 29.6 Å². The Morgan fingerprint density at radius 2 is 1.59 bits per heavy atom. The van der Waals surface area contributed by atoms with Gasteiger partial charge >= 0.3 is 11.9 Å². The Kier molecular flexibility index (Phi) is 6.99. The molecule has 1 rings (SSSR count). The average Bonchev–Trinajstić information content (AvgIpc) is 2.17. The number of thiol groups is 1. The Labute approximate surface area is 131 Å². The predicted molar refractivity (Wildman–Crippen MR) is 74.2 cm³/mol. The first kappa shape index (κ1) is 17.2. The van der Waals surface area contributed by atoms with E-state index in [1.54, 1.807) is 30.3 Å². The van der Waals surface area contributed by atoms with Crippen LogP contribution in [-0.4, -0.2) is 57.4 Å². The van der Waals surface area contributed by atoms with Crippen LogP contribution in [0.1, 0.15) is 0 Å². The molecule has 0 saturated heterocycles. The van der Waals surface area contributed by atoms with Gasteiger partial charge in [-0.3, -0.25) is 9.59 Å². The molecular formula is C9H9NaO4PS2. The van der Waals surface area contributed by atoms with Crippen molar-refractivity contribution in [2.45, 2.75) is 5.66 Å². The van der Waals surface area contributed by atoms with E-state index in [1.165, 1.54) is 0 Å². The molecule has 87 valence electrons. The molecule has 1 aromatic carbocycles. The summed E-state index contributed by atoms with van der Waals surface area (Å²) in [4.78, 5) is 21.8. The Bertz CT molecular complexity index is 451. The van der Waals surface area contributed by atoms with E-state index >= 15 is 0 Å². The van der Waals surface area contributed by atoms with Gasteiger partial charge in [-0.25, -0.2) is 0 Å². The summed E-state index contributed by atoms with van der Waals surface area (Å²) in [5, 5.41) is 15.3. The zero-order chi connectivity index (χ0) is 12.3. The summed E-state index contributed by atoms with van der Waals surface area (Å²) in [7, 11) is 0. The molecule has 17 heavy (non-hydrogen) atoms. The largest absolute Gasteiger partial charge is 0.480 e. The van der Waals surface area contributed by atoms with Crippen LogP contribution in [-0.2, 0) is 21.4 Å². The normalized spacial score (nSPS) is 13.5. The zero-order valence-corrected chi connectivity index (χ0v) is 13.6. The van der Waals surface area contributed by atoms with Crippen LogP contribution in [0.5, 0.6) is 0 Å². The maximum absolute atomic E-state index is 10.9. The first-order valence-electron chi connectivity index (χ1n) is 4.21. The van der Waals surface area contributed by atoms with Crippen LogP contribution >= 0.6 is 17.5 Å². The van der Waals surface area contributed by atoms with Crippen molar-refractivity contribution in [2.24, 2.45) is 0 Å². The molecule has 8 heteroatoms. The monoisotopic (exact) mass is 299 g/mol. The number of aliphatic carboxylic acids is 2. The SMILES string of the molecule is O=C(O)C(C(=O)O)P(=S)(S)c1ccccc1.[Na]. The first-order chi connectivity index (χ1) is 7.37. The van der Waals surface area contributed by atoms with E-state index in [1.807, 2.05) is 0 Å². The number of rotatable bonds is 4. The third kappa shape index (κ3) is 4.09. The van der Waals surface area contributed by atoms with Crippen molar-refractivity contribution in [3.05, 3.63) is 30.3 Å². The van der Waals surface area contributed by atoms with Crippen molar-refractivity contribution in [3.8, 4) is 0 Å². The molecule has 0 bridgehead atoms. The number of carboxylic acids is 2. The van der Waals surface area contributed by atoms with Crippen LogP contribution < -0.4 is 5.30 Å². The molecule has 1 aromatic rings. The van der Waals surface area contributed by atoms with Crippen LogP contribution in [0.15, 0.2) is 30.3 Å². The molecule has 1 atom stereocenters. The Balaban J connectivity index is 0.00000256. The Hall–Kier alpha value is 0.160. The molecule has 2 N–H and O–H groups in total. The van der Waals surface area contributed by atoms with Gasteiger partial charge < -0.3 is 10.2 Å². The summed E-state index contributed by atoms with van der Waals surface area (Å²) >= 11 is 9.21. The van der Waals surface area contributed by atoms with Crippen molar-refractivity contribution < 1.29 is 19.8 Å². The summed E-state index contributed by atoms with van der Waals surface area (Å²) in [5.74, 6) is -2.90. The van der Waals surface area contributed by atoms with Crippen LogP contribution in [0.3, 0.4) is 0 Å². The van der Waals surface area contributed by atoms with E-state index < -0.39 is 22.8 Å². The van der Waals surface area contributed by atoms with Gasteiger partial charge in [0.15, 0.2) is 5.66 Å². The van der Waals surface area contributed by atoms with Crippen molar-refractivity contribution in [3.63, 3.8) is 0 Å². The van der Waals surface area contributed by atoms with E-state index in [0.717, 1.165) is 0 Å². The smallest absolute Gasteiger partial charge is 0.324 e. The predicted octanol–water partition coefficient (Wildman–Crippen LogP) is 0.793. The summed E-state index contributed by atoms with van der Waals surface area (Å²) < 4.78 is 0. The van der Waals surface area contributed by atoms with Crippen LogP contribution in [0.4, 0.5) is 0 Å². The van der Waals surface area contributed by atoms with Crippen molar-refractivity contribution in [1.29, 1.82) is 0 Å². The molecule has 0 aliphatic heterocycles. The number of carboxylic acid groups (broad SMARTS) is 2. The van der Waals surface area contributed by atoms with Crippen molar-refractivity contribution in [2.75, 3.05) is 0 Å². The molecular weight excluding hydrogens is 290 g/mol. The molecule has 4 nitrogen and oxygen atoms in total. The van der Waals surface area contributed by atoms with Gasteiger partial charge in [0.25, 0.3) is 0 Å². The van der Waals surface area contributed by atoms with Gasteiger partial charge in [-0.15, -0.1) is 12.2 Å². The van der Waals surface area contributed by atoms with E-state index in [9.17, 15) is 9.59 Å². The molecule has 0 aliphatic carbocycles. The number of carbonyl (C=O) groups is 2. The van der Waals surface area contributed by atoms with Gasteiger partial charge in [0.05, 0.1) is 5.24 Å². The molecule has 0 aliphatic rings. The molecule has 0 aromatic heterocycles. The Morgan fingerprint density at radius 1 is 1.18 bits per heavy atom. The fraction of sp³-hybridized carbons (Fsp3) is 0.111. The summed E-state index contributed by atoms with van der Waals surface area (Å²) in [6.07, 6.45) is 0. The standard InChI is InChI=1S/C9H9O4PS2.Na/c10-8(11)7(9(12)13)14(15,16)6-4-2-1-3-5-6;/h1-5,7H,(H,10,11)(H,12,13)(H,15,16);. The van der Waals surface area contributed by atoms with Gasteiger partial charge in [-0.2, -0.15) is 0 Å². The van der Waals surface area contributed by atoms with E-state index in [2.05, 4.69) is 12.2 Å². The minimum absolute atomic E-state index is 0. The number of hydrogen-bond donors (Lipinski definition) is 3. The van der Waals surface area contributed by atoms with Gasteiger partial charge in [0.1, 0.15) is 0 Å². The fourth-order valence-electron chi connectivity index (χ4n) is 1.20. The second-order valence-corrected chi connectivity index (χ2v) is 9.75. The van der Waals surface area contributed by atoms with Gasteiger partial charge in [0, 0.05) is 29.6 Å². The fourth-order valence-corrected chi connectivity index (χ4v) is 4.59. The molecule has 0 spiro atoms. The summed E-state index contributed by atoms with van der Waals surface area (Å²) in [6.45, 7) is 0. The second kappa shape index (κ2) is 6.92. The first-order valence-corrected chi connectivity index (χ1v) is 8.23. The molecule has 1 unspecified atom stereocenters. The number of hydrogen-bond acceptors (Lipinski definition) is 3. The maximum atomic E-state index is 10.9. The van der Waals surface area contributed by atoms with E-state index in [4.69, 9.17) is 22.0 Å². The molecule has 0 saturated carbocycles. The van der Waals surface area contributed by atoms with Crippen molar-refractivity contribution in [1.82, 2.24) is 0 Å². The van der Waals surface area contributed by atoms with Gasteiger partial charge in [0.2, 0.25) is 0 Å². The number of benzene rings is 1. The van der Waals surface area contributed by atoms with Crippen molar-refractivity contribution >= 4 is 76.1 Å². The minimum atomic E-state index is -2.94. The average molecular weight is 299 g/mol. The van der Waals surface area contributed by atoms with Crippen LogP contribution in [0.25, 0.3) is 0 Å². The zero-order valence-electron chi connectivity index (χ0n) is 8.98. The maximum Gasteiger partial charge on any atom is 0.324 e. The molecule has 0 heterocycles. The van der Waals surface area contributed by atoms with Crippen LogP contribution in [0, 0.1) is 0 Å². The van der Waals surface area contributed by atoms with Gasteiger partial charge in [-0.05, 0) is 5.30 Å². The molecule has 0 amide bonds. The van der Waals surface area contributed by atoms with Gasteiger partial charge in [-0.1, -0.05) is 42.1 Å². The van der Waals surface area contributed by atoms with Crippen LogP contribution in [0.2, 0.25) is 0 Å². The molecule has 0 fully saturated rings. The summed E-state index contributed by atoms with van der Waals surface area (Å²) in [6, 6.07) is 8.29. The topological polar surface area (TPSA) is 74.6 Å². The Morgan fingerprint density at radius 3 is 1.94 bits per heavy atom. The summed E-state index contributed by atoms with van der Waals surface area (Å²) in [5.41, 5.74) is -1.66. The minimum Gasteiger partial charge on any atom is -0.480 e. The second-order valence-electron chi connectivity index (χ2n) is 3.04. The van der Waals surface area contributed by atoms with E-state index in [0.29, 0.717) is 5.30 Å².